The van der Waals surface area contributed by atoms with Gasteiger partial charge in [-0.15, -0.1) is 0 Å². The monoisotopic (exact) mass is 404 g/mol. The molecule has 3 rings (SSSR count). The molecule has 1 fully saturated rings. The Kier molecular flexibility index (Phi) is 5.95. The zero-order valence-electron chi connectivity index (χ0n) is 16.0. The number of rotatable bonds is 5. The van der Waals surface area contributed by atoms with Gasteiger partial charge in [-0.3, -0.25) is 9.59 Å². The van der Waals surface area contributed by atoms with Gasteiger partial charge in [0, 0.05) is 32.2 Å². The molecule has 1 atom stereocenters. The molecule has 1 aromatic carbocycles. The lowest BCUT2D eigenvalue weighted by molar-refractivity contribution is 0.0690. The summed E-state index contributed by atoms with van der Waals surface area (Å²) in [7, 11) is -3.60. The van der Waals surface area contributed by atoms with Crippen LogP contribution in [0.3, 0.4) is 0 Å². The van der Waals surface area contributed by atoms with Crippen LogP contribution in [0.5, 0.6) is 0 Å². The summed E-state index contributed by atoms with van der Waals surface area (Å²) in [6, 6.07) is 9.63. The number of nitrogens with zero attached hydrogens (tertiary/aromatic N) is 3. The Morgan fingerprint density at radius 2 is 1.75 bits per heavy atom. The average molecular weight is 404 g/mol. The summed E-state index contributed by atoms with van der Waals surface area (Å²) in [6.45, 7) is 5.17. The van der Waals surface area contributed by atoms with E-state index in [-0.39, 0.29) is 48.2 Å². The van der Waals surface area contributed by atoms with Crippen LogP contribution in [0.25, 0.3) is 0 Å². The van der Waals surface area contributed by atoms with Crippen LogP contribution in [0.4, 0.5) is 0 Å². The van der Waals surface area contributed by atoms with E-state index in [1.807, 2.05) is 12.1 Å². The first-order valence-corrected chi connectivity index (χ1v) is 10.7. The zero-order chi connectivity index (χ0) is 20.3. The van der Waals surface area contributed by atoms with Crippen LogP contribution < -0.4 is 5.56 Å². The largest absolute Gasteiger partial charge is 0.335 e. The molecule has 1 aliphatic heterocycles. The van der Waals surface area contributed by atoms with Crippen LogP contribution in [0.1, 0.15) is 42.2 Å². The molecule has 9 heteroatoms. The van der Waals surface area contributed by atoms with Gasteiger partial charge in [-0.1, -0.05) is 26.0 Å². The second-order valence-corrected chi connectivity index (χ2v) is 8.82. The number of aromatic amines is 1. The maximum atomic E-state index is 12.9. The molecule has 2 heterocycles. The number of sulfonamides is 1. The second-order valence-electron chi connectivity index (χ2n) is 6.88. The molecule has 28 heavy (non-hydrogen) atoms. The van der Waals surface area contributed by atoms with Gasteiger partial charge in [0.1, 0.15) is 5.69 Å². The quantitative estimate of drug-likeness (QED) is 0.812. The number of hydrogen-bond acceptors (Lipinski definition) is 5. The van der Waals surface area contributed by atoms with E-state index in [1.165, 1.54) is 16.4 Å². The lowest BCUT2D eigenvalue weighted by Crippen LogP contribution is -2.50. The van der Waals surface area contributed by atoms with E-state index >= 15 is 0 Å². The van der Waals surface area contributed by atoms with Crippen molar-refractivity contribution in [2.75, 3.05) is 26.2 Å². The number of H-pyrrole nitrogens is 1. The maximum Gasteiger partial charge on any atom is 0.274 e. The van der Waals surface area contributed by atoms with Crippen molar-refractivity contribution in [1.29, 1.82) is 0 Å². The average Bonchev–Trinajstić information content (AvgIpc) is 2.73. The van der Waals surface area contributed by atoms with E-state index in [2.05, 4.69) is 24.0 Å². The summed E-state index contributed by atoms with van der Waals surface area (Å²) in [4.78, 5) is 25.3. The van der Waals surface area contributed by atoms with E-state index in [1.54, 1.807) is 17.0 Å². The Bertz CT molecular complexity index is 973. The highest BCUT2D eigenvalue weighted by Gasteiger charge is 2.30. The zero-order valence-corrected chi connectivity index (χ0v) is 16.8. The highest BCUT2D eigenvalue weighted by Crippen LogP contribution is 2.23. The van der Waals surface area contributed by atoms with Gasteiger partial charge < -0.3 is 4.90 Å². The van der Waals surface area contributed by atoms with Crippen LogP contribution in [0.15, 0.2) is 46.1 Å². The van der Waals surface area contributed by atoms with Crippen molar-refractivity contribution < 1.29 is 13.2 Å². The topological polar surface area (TPSA) is 103 Å². The Hall–Kier alpha value is -2.52. The third kappa shape index (κ3) is 4.15. The highest BCUT2D eigenvalue weighted by molar-refractivity contribution is 7.89. The molecule has 1 amide bonds. The molecular weight excluding hydrogens is 380 g/mol. The second kappa shape index (κ2) is 8.24. The van der Waals surface area contributed by atoms with Gasteiger partial charge in [-0.05, 0) is 36.1 Å². The SMILES string of the molecule is CC[C@@H](C)c1ccc(S(=O)(=O)N2CCN(C(=O)c3ccc(=O)[nH]n3)CC2)cc1. The van der Waals surface area contributed by atoms with Gasteiger partial charge in [-0.25, -0.2) is 13.5 Å². The van der Waals surface area contributed by atoms with Crippen molar-refractivity contribution in [3.63, 3.8) is 0 Å². The Labute approximate surface area is 164 Å². The number of carbonyl (C=O) groups is 1. The van der Waals surface area contributed by atoms with Crippen molar-refractivity contribution in [3.8, 4) is 0 Å². The molecule has 0 unspecified atom stereocenters. The molecule has 1 aliphatic rings. The number of hydrogen-bond donors (Lipinski definition) is 1. The first kappa shape index (κ1) is 20.2. The molecule has 0 radical (unpaired) electrons. The fraction of sp³-hybridized carbons (Fsp3) is 0.421. The summed E-state index contributed by atoms with van der Waals surface area (Å²) >= 11 is 0. The van der Waals surface area contributed by atoms with Gasteiger partial charge in [0.05, 0.1) is 4.90 Å². The van der Waals surface area contributed by atoms with Crippen molar-refractivity contribution in [2.45, 2.75) is 31.1 Å². The van der Waals surface area contributed by atoms with E-state index < -0.39 is 10.0 Å². The number of piperazine rings is 1. The first-order valence-electron chi connectivity index (χ1n) is 9.28. The van der Waals surface area contributed by atoms with E-state index in [4.69, 9.17) is 0 Å². The van der Waals surface area contributed by atoms with Crippen molar-refractivity contribution >= 4 is 15.9 Å². The summed E-state index contributed by atoms with van der Waals surface area (Å²) in [5.41, 5.74) is 0.869. The van der Waals surface area contributed by atoms with Crippen LogP contribution in [0, 0.1) is 0 Å². The summed E-state index contributed by atoms with van der Waals surface area (Å²) in [5, 5.41) is 5.97. The lowest BCUT2D eigenvalue weighted by Gasteiger charge is -2.33. The number of amides is 1. The third-order valence-electron chi connectivity index (χ3n) is 5.12. The van der Waals surface area contributed by atoms with Gasteiger partial charge in [0.25, 0.3) is 11.5 Å². The van der Waals surface area contributed by atoms with Crippen LogP contribution in [-0.4, -0.2) is 59.9 Å². The van der Waals surface area contributed by atoms with Crippen LogP contribution in [0.2, 0.25) is 0 Å². The van der Waals surface area contributed by atoms with Crippen molar-refractivity contribution in [3.05, 3.63) is 58.0 Å². The Morgan fingerprint density at radius 1 is 1.11 bits per heavy atom. The van der Waals surface area contributed by atoms with Gasteiger partial charge in [0.15, 0.2) is 0 Å². The van der Waals surface area contributed by atoms with Crippen molar-refractivity contribution in [1.82, 2.24) is 19.4 Å². The summed E-state index contributed by atoms with van der Waals surface area (Å²) < 4.78 is 27.2. The predicted molar refractivity (Wildman–Crippen MR) is 105 cm³/mol. The molecule has 0 aliphatic carbocycles. The minimum Gasteiger partial charge on any atom is -0.335 e. The van der Waals surface area contributed by atoms with E-state index in [0.29, 0.717) is 5.92 Å². The van der Waals surface area contributed by atoms with E-state index in [0.717, 1.165) is 12.0 Å². The maximum absolute atomic E-state index is 12.9. The fourth-order valence-electron chi connectivity index (χ4n) is 3.11. The molecular formula is C19H24N4O4S. The molecule has 0 saturated carbocycles. The molecule has 1 saturated heterocycles. The molecule has 8 nitrogen and oxygen atoms in total. The van der Waals surface area contributed by atoms with Gasteiger partial charge in [0.2, 0.25) is 10.0 Å². The number of aromatic nitrogens is 2. The van der Waals surface area contributed by atoms with Gasteiger partial charge >= 0.3 is 0 Å². The van der Waals surface area contributed by atoms with Crippen LogP contribution in [-0.2, 0) is 10.0 Å². The van der Waals surface area contributed by atoms with E-state index in [9.17, 15) is 18.0 Å². The smallest absolute Gasteiger partial charge is 0.274 e. The highest BCUT2D eigenvalue weighted by atomic mass is 32.2. The standard InChI is InChI=1S/C19H24N4O4S/c1-3-14(2)15-4-6-16(7-5-15)28(26,27)23-12-10-22(11-13-23)19(25)17-8-9-18(24)21-20-17/h4-9,14H,3,10-13H2,1-2H3,(H,21,24)/t14-/m1/s1. The summed E-state index contributed by atoms with van der Waals surface area (Å²) in [5.74, 6) is 0.0547. The predicted octanol–water partition coefficient (Wildman–Crippen LogP) is 1.43. The van der Waals surface area contributed by atoms with Gasteiger partial charge in [-0.2, -0.15) is 9.40 Å². The Morgan fingerprint density at radius 3 is 2.29 bits per heavy atom. The first-order chi connectivity index (χ1) is 13.3. The van der Waals surface area contributed by atoms with Crippen LogP contribution >= 0.6 is 0 Å². The Balaban J connectivity index is 1.67. The molecule has 2 aromatic rings. The number of carbonyl (C=O) groups excluding carboxylic acids is 1. The lowest BCUT2D eigenvalue weighted by atomic mass is 9.99. The minimum absolute atomic E-state index is 0.136. The normalized spacial score (nSPS) is 16.7. The fourth-order valence-corrected chi connectivity index (χ4v) is 4.53. The van der Waals surface area contributed by atoms with Crippen molar-refractivity contribution in [2.24, 2.45) is 0 Å². The summed E-state index contributed by atoms with van der Waals surface area (Å²) in [6.07, 6.45) is 0.992. The minimum atomic E-state index is -3.60. The third-order valence-corrected chi connectivity index (χ3v) is 7.04. The number of nitrogens with one attached hydrogen (secondary N) is 1. The number of benzene rings is 1. The molecule has 150 valence electrons. The molecule has 0 spiro atoms. The molecule has 1 N–H and O–H groups in total. The molecule has 1 aromatic heterocycles. The molecule has 0 bridgehead atoms.